The number of fused-ring (bicyclic) bond motifs is 1. The Labute approximate surface area is 141 Å². The van der Waals surface area contributed by atoms with Gasteiger partial charge in [0, 0.05) is 18.6 Å². The van der Waals surface area contributed by atoms with E-state index < -0.39 is 0 Å². The highest BCUT2D eigenvalue weighted by molar-refractivity contribution is 5.75. The van der Waals surface area contributed by atoms with Gasteiger partial charge in [-0.3, -0.25) is 4.79 Å². The lowest BCUT2D eigenvalue weighted by atomic mass is 10.1. The van der Waals surface area contributed by atoms with Crippen molar-refractivity contribution in [3.05, 3.63) is 58.3 Å². The number of aryl methyl sites for hydroxylation is 2. The molecule has 4 rings (SSSR count). The number of nitrogens with zero attached hydrogens (tertiary/aromatic N) is 5. The van der Waals surface area contributed by atoms with Gasteiger partial charge in [0.25, 0.3) is 5.56 Å². The van der Waals surface area contributed by atoms with Gasteiger partial charge in [-0.25, -0.2) is 19.6 Å². The smallest absolute Gasteiger partial charge is 0.262 e. The fourth-order valence-corrected chi connectivity index (χ4v) is 2.79. The molecule has 0 saturated heterocycles. The number of hydrogen-bond acceptors (Lipinski definition) is 6. The van der Waals surface area contributed by atoms with Crippen LogP contribution in [0.25, 0.3) is 28.4 Å². The van der Waals surface area contributed by atoms with Crippen molar-refractivity contribution in [2.45, 2.75) is 13.8 Å². The second kappa shape index (κ2) is 5.52. The number of rotatable bonds is 2. The van der Waals surface area contributed by atoms with Gasteiger partial charge in [-0.1, -0.05) is 6.07 Å². The summed E-state index contributed by atoms with van der Waals surface area (Å²) in [5.74, 6) is 0.645. The largest absolute Gasteiger partial charge is 0.506 e. The zero-order valence-corrected chi connectivity index (χ0v) is 13.6. The molecule has 124 valence electrons. The first-order valence-corrected chi connectivity index (χ1v) is 7.60. The number of aromatic hydroxyl groups is 1. The highest BCUT2D eigenvalue weighted by Gasteiger charge is 2.15. The highest BCUT2D eigenvalue weighted by Crippen LogP contribution is 2.27. The summed E-state index contributed by atoms with van der Waals surface area (Å²) in [6, 6.07) is 5.26. The van der Waals surface area contributed by atoms with E-state index in [2.05, 4.69) is 25.0 Å². The third-order valence-corrected chi connectivity index (χ3v) is 3.82. The van der Waals surface area contributed by atoms with E-state index in [1.54, 1.807) is 30.7 Å². The zero-order chi connectivity index (χ0) is 17.6. The minimum atomic E-state index is -0.344. The lowest BCUT2D eigenvalue weighted by molar-refractivity contribution is 0.469. The molecule has 0 unspecified atom stereocenters. The maximum atomic E-state index is 12.4. The molecule has 8 nitrogen and oxygen atoms in total. The topological polar surface area (TPSA) is 110 Å². The fraction of sp³-hybridized carbons (Fsp3) is 0.118. The van der Waals surface area contributed by atoms with Gasteiger partial charge in [0.05, 0.1) is 0 Å². The summed E-state index contributed by atoms with van der Waals surface area (Å²) in [6.45, 7) is 3.77. The normalized spacial score (nSPS) is 11.1. The Kier molecular flexibility index (Phi) is 3.31. The number of hydrogen-bond donors (Lipinski definition) is 2. The number of aromatic amines is 1. The molecule has 0 aliphatic heterocycles. The van der Waals surface area contributed by atoms with Gasteiger partial charge in [-0.05, 0) is 37.1 Å². The van der Waals surface area contributed by atoms with Gasteiger partial charge in [0.2, 0.25) is 0 Å². The lowest BCUT2D eigenvalue weighted by Crippen LogP contribution is -2.09. The minimum absolute atomic E-state index is 0.0911. The summed E-state index contributed by atoms with van der Waals surface area (Å²) < 4.78 is 1.46. The van der Waals surface area contributed by atoms with Crippen LogP contribution < -0.4 is 5.56 Å². The fourth-order valence-electron chi connectivity index (χ4n) is 2.79. The van der Waals surface area contributed by atoms with Crippen LogP contribution in [0.15, 0.2) is 41.6 Å². The minimum Gasteiger partial charge on any atom is -0.506 e. The first-order valence-electron chi connectivity index (χ1n) is 7.60. The van der Waals surface area contributed by atoms with Crippen molar-refractivity contribution < 1.29 is 5.11 Å². The Morgan fingerprint density at radius 1 is 1.16 bits per heavy atom. The Hall–Kier alpha value is -3.55. The summed E-state index contributed by atoms with van der Waals surface area (Å²) >= 11 is 0. The van der Waals surface area contributed by atoms with Gasteiger partial charge in [-0.2, -0.15) is 0 Å². The number of nitrogens with one attached hydrogen (secondary N) is 1. The Bertz CT molecular complexity index is 1120. The van der Waals surface area contributed by atoms with Gasteiger partial charge >= 0.3 is 0 Å². The molecule has 0 saturated carbocycles. The third kappa shape index (κ3) is 2.53. The molecule has 0 fully saturated rings. The SMILES string of the molecule is Cc1cc(C)c(-n2cc3c(=O)[nH]c(-c4ncccn4)nc3n2)c(O)c1. The lowest BCUT2D eigenvalue weighted by Gasteiger charge is -2.09. The zero-order valence-electron chi connectivity index (χ0n) is 13.6. The predicted octanol–water partition coefficient (Wildman–Crippen LogP) is 1.89. The van der Waals surface area contributed by atoms with Gasteiger partial charge in [-0.15, -0.1) is 5.10 Å². The van der Waals surface area contributed by atoms with Crippen LogP contribution in [0, 0.1) is 13.8 Å². The quantitative estimate of drug-likeness (QED) is 0.579. The van der Waals surface area contributed by atoms with Crippen LogP contribution in [0.4, 0.5) is 0 Å². The van der Waals surface area contributed by atoms with Crippen LogP contribution in [-0.4, -0.2) is 34.8 Å². The van der Waals surface area contributed by atoms with Crippen molar-refractivity contribution in [2.24, 2.45) is 0 Å². The molecule has 0 amide bonds. The van der Waals surface area contributed by atoms with E-state index in [9.17, 15) is 9.90 Å². The average molecular weight is 334 g/mol. The first-order chi connectivity index (χ1) is 12.0. The van der Waals surface area contributed by atoms with Crippen molar-refractivity contribution in [1.29, 1.82) is 0 Å². The van der Waals surface area contributed by atoms with Crippen molar-refractivity contribution in [3.8, 4) is 23.1 Å². The molecular formula is C17H14N6O2. The highest BCUT2D eigenvalue weighted by atomic mass is 16.3. The molecule has 0 atom stereocenters. The maximum Gasteiger partial charge on any atom is 0.262 e. The van der Waals surface area contributed by atoms with Crippen molar-refractivity contribution in [2.75, 3.05) is 0 Å². The summed E-state index contributed by atoms with van der Waals surface area (Å²) in [4.78, 5) is 27.5. The molecular weight excluding hydrogens is 320 g/mol. The molecule has 2 N–H and O–H groups in total. The summed E-state index contributed by atoms with van der Waals surface area (Å²) in [6.07, 6.45) is 4.69. The number of phenolic OH excluding ortho intramolecular Hbond substituents is 1. The van der Waals surface area contributed by atoms with E-state index in [1.807, 2.05) is 19.9 Å². The first kappa shape index (κ1) is 15.0. The van der Waals surface area contributed by atoms with Crippen molar-refractivity contribution >= 4 is 11.0 Å². The summed E-state index contributed by atoms with van der Waals surface area (Å²) in [7, 11) is 0. The molecule has 0 aliphatic carbocycles. The molecule has 0 spiro atoms. The summed E-state index contributed by atoms with van der Waals surface area (Å²) in [5.41, 5.74) is 2.21. The van der Waals surface area contributed by atoms with Gasteiger partial charge in [0.15, 0.2) is 17.3 Å². The molecule has 0 radical (unpaired) electrons. The molecule has 25 heavy (non-hydrogen) atoms. The van der Waals surface area contributed by atoms with E-state index >= 15 is 0 Å². The monoisotopic (exact) mass is 334 g/mol. The molecule has 0 aliphatic rings. The second-order valence-electron chi connectivity index (χ2n) is 5.75. The molecule has 0 bridgehead atoms. The molecule has 4 aromatic rings. The van der Waals surface area contributed by atoms with Crippen LogP contribution >= 0.6 is 0 Å². The van der Waals surface area contributed by atoms with E-state index in [-0.39, 0.29) is 22.8 Å². The molecule has 1 aromatic carbocycles. The van der Waals surface area contributed by atoms with Gasteiger partial charge in [0.1, 0.15) is 16.8 Å². The predicted molar refractivity (Wildman–Crippen MR) is 91.7 cm³/mol. The Morgan fingerprint density at radius 2 is 1.92 bits per heavy atom. The number of benzene rings is 1. The second-order valence-corrected chi connectivity index (χ2v) is 5.75. The Balaban J connectivity index is 1.92. The number of H-pyrrole nitrogens is 1. The van der Waals surface area contributed by atoms with Crippen molar-refractivity contribution in [3.63, 3.8) is 0 Å². The molecule has 3 aromatic heterocycles. The standard InChI is InChI=1S/C17H14N6O2/c1-9-6-10(2)13(12(24)7-9)23-8-11-14(22-23)20-16(21-17(11)25)15-18-4-3-5-19-15/h3-8,24H,1-2H3,(H,20,21,22,25). The maximum absolute atomic E-state index is 12.4. The van der Waals surface area contributed by atoms with E-state index in [4.69, 9.17) is 0 Å². The van der Waals surface area contributed by atoms with Crippen LogP contribution in [0.3, 0.4) is 0 Å². The average Bonchev–Trinajstić information content (AvgIpc) is 2.99. The van der Waals surface area contributed by atoms with Crippen LogP contribution in [0.1, 0.15) is 11.1 Å². The van der Waals surface area contributed by atoms with E-state index in [0.29, 0.717) is 16.9 Å². The van der Waals surface area contributed by atoms with Crippen molar-refractivity contribution in [1.82, 2.24) is 29.7 Å². The number of aromatic nitrogens is 6. The van der Waals surface area contributed by atoms with E-state index in [0.717, 1.165) is 11.1 Å². The summed E-state index contributed by atoms with van der Waals surface area (Å²) in [5, 5.41) is 14.9. The van der Waals surface area contributed by atoms with Gasteiger partial charge < -0.3 is 10.1 Å². The van der Waals surface area contributed by atoms with Crippen LogP contribution in [0.5, 0.6) is 5.75 Å². The third-order valence-electron chi connectivity index (χ3n) is 3.82. The Morgan fingerprint density at radius 3 is 2.64 bits per heavy atom. The molecule has 3 heterocycles. The van der Waals surface area contributed by atoms with Crippen LogP contribution in [0.2, 0.25) is 0 Å². The number of phenols is 1. The van der Waals surface area contributed by atoms with Crippen LogP contribution in [-0.2, 0) is 0 Å². The molecule has 8 heteroatoms. The van der Waals surface area contributed by atoms with E-state index in [1.165, 1.54) is 4.68 Å².